The molecule has 0 N–H and O–H groups in total. The quantitative estimate of drug-likeness (QED) is 0.670. The average Bonchev–Trinajstić information content (AvgIpc) is 2.62. The molecule has 5 nitrogen and oxygen atoms in total. The third-order valence-electron chi connectivity index (χ3n) is 3.57. The molecule has 0 saturated heterocycles. The Morgan fingerprint density at radius 1 is 0.833 bits per heavy atom. The van der Waals surface area contributed by atoms with E-state index in [-0.39, 0.29) is 13.1 Å². The highest BCUT2D eigenvalue weighted by atomic mass is 35.5. The number of sulfonamides is 1. The summed E-state index contributed by atoms with van der Waals surface area (Å²) in [6, 6.07) is 14.5. The fourth-order valence-electron chi connectivity index (χ4n) is 2.19. The number of hydrogen-bond donors (Lipinski definition) is 0. The van der Waals surface area contributed by atoms with Crippen LogP contribution in [0.2, 0.25) is 0 Å². The molecule has 2 aromatic carbocycles. The van der Waals surface area contributed by atoms with Crippen molar-refractivity contribution in [3.63, 3.8) is 0 Å². The van der Waals surface area contributed by atoms with Crippen molar-refractivity contribution < 1.29 is 17.9 Å². The van der Waals surface area contributed by atoms with Gasteiger partial charge in [-0.15, -0.1) is 11.6 Å². The monoisotopic (exact) mass is 369 g/mol. The van der Waals surface area contributed by atoms with Crippen molar-refractivity contribution in [3.05, 3.63) is 59.7 Å². The zero-order valence-corrected chi connectivity index (χ0v) is 15.2. The number of rotatable bonds is 8. The van der Waals surface area contributed by atoms with Crippen LogP contribution in [0.5, 0.6) is 11.5 Å². The lowest BCUT2D eigenvalue weighted by Crippen LogP contribution is -2.30. The first-order chi connectivity index (χ1) is 11.5. The second-order valence-corrected chi connectivity index (χ2v) is 7.74. The Hall–Kier alpha value is -1.76. The minimum atomic E-state index is -3.55. The van der Waals surface area contributed by atoms with E-state index >= 15 is 0 Å². The summed E-state index contributed by atoms with van der Waals surface area (Å²) >= 11 is 5.65. The number of ether oxygens (including phenoxy) is 2. The minimum absolute atomic E-state index is 0.241. The molecule has 2 aromatic rings. The molecule has 0 saturated carbocycles. The number of hydrogen-bond acceptors (Lipinski definition) is 4. The molecule has 0 aliphatic rings. The smallest absolute Gasteiger partial charge is 0.228 e. The molecule has 0 unspecified atom stereocenters. The lowest BCUT2D eigenvalue weighted by Gasteiger charge is -2.21. The van der Waals surface area contributed by atoms with Gasteiger partial charge in [0.25, 0.3) is 0 Å². The Morgan fingerprint density at radius 3 is 1.50 bits per heavy atom. The first-order valence-corrected chi connectivity index (χ1v) is 9.42. The first-order valence-electron chi connectivity index (χ1n) is 7.28. The summed E-state index contributed by atoms with van der Waals surface area (Å²) in [6.45, 7) is 0.482. The van der Waals surface area contributed by atoms with Gasteiger partial charge >= 0.3 is 0 Å². The molecule has 0 radical (unpaired) electrons. The maximum absolute atomic E-state index is 12.3. The van der Waals surface area contributed by atoms with E-state index in [9.17, 15) is 8.42 Å². The lowest BCUT2D eigenvalue weighted by molar-refractivity contribution is 0.400. The van der Waals surface area contributed by atoms with Crippen LogP contribution in [0.3, 0.4) is 0 Å². The van der Waals surface area contributed by atoms with Gasteiger partial charge in [0.05, 0.1) is 14.2 Å². The topological polar surface area (TPSA) is 55.8 Å². The van der Waals surface area contributed by atoms with Crippen LogP contribution in [0.4, 0.5) is 0 Å². The third-order valence-corrected chi connectivity index (χ3v) is 5.72. The summed E-state index contributed by atoms with van der Waals surface area (Å²) in [4.78, 5) is 0. The van der Waals surface area contributed by atoms with E-state index in [1.54, 1.807) is 38.5 Å². The maximum Gasteiger partial charge on any atom is 0.228 e. The Morgan fingerprint density at radius 2 is 1.21 bits per heavy atom. The Labute approximate surface area is 147 Å². The molecule has 0 aliphatic heterocycles. The van der Waals surface area contributed by atoms with Crippen molar-refractivity contribution in [2.45, 2.75) is 13.1 Å². The number of halogens is 1. The molecule has 0 aromatic heterocycles. The van der Waals surface area contributed by atoms with Gasteiger partial charge in [0.15, 0.2) is 0 Å². The number of alkyl halides is 1. The zero-order valence-electron chi connectivity index (χ0n) is 13.6. The highest BCUT2D eigenvalue weighted by molar-refractivity contribution is 7.90. The Kier molecular flexibility index (Phi) is 6.48. The largest absolute Gasteiger partial charge is 0.497 e. The molecule has 2 rings (SSSR count). The van der Waals surface area contributed by atoms with Crippen molar-refractivity contribution in [2.24, 2.45) is 0 Å². The summed E-state index contributed by atoms with van der Waals surface area (Å²) in [7, 11) is -0.379. The predicted octanol–water partition coefficient (Wildman–Crippen LogP) is 3.23. The van der Waals surface area contributed by atoms with E-state index < -0.39 is 15.2 Å². The number of benzene rings is 2. The van der Waals surface area contributed by atoms with Crippen LogP contribution in [-0.4, -0.2) is 32.2 Å². The fourth-order valence-corrected chi connectivity index (χ4v) is 3.43. The third kappa shape index (κ3) is 4.87. The van der Waals surface area contributed by atoms with Crippen LogP contribution in [0, 0.1) is 0 Å². The molecule has 0 atom stereocenters. The molecule has 0 amide bonds. The van der Waals surface area contributed by atoms with Crippen LogP contribution < -0.4 is 9.47 Å². The Balaban J connectivity index is 2.20. The summed E-state index contributed by atoms with van der Waals surface area (Å²) in [5.74, 6) is 1.45. The molecule has 0 fully saturated rings. The normalized spacial score (nSPS) is 11.5. The maximum atomic E-state index is 12.3. The SMILES string of the molecule is COc1ccc(CN(Cc2ccc(OC)cc2)S(=O)(=O)CCl)cc1. The Bertz CT molecular complexity index is 696. The van der Waals surface area contributed by atoms with Crippen LogP contribution in [-0.2, 0) is 23.1 Å². The molecule has 130 valence electrons. The lowest BCUT2D eigenvalue weighted by atomic mass is 10.2. The van der Waals surface area contributed by atoms with Gasteiger partial charge in [-0.25, -0.2) is 8.42 Å². The highest BCUT2D eigenvalue weighted by Gasteiger charge is 2.21. The highest BCUT2D eigenvalue weighted by Crippen LogP contribution is 2.19. The van der Waals surface area contributed by atoms with E-state index in [2.05, 4.69) is 0 Å². The van der Waals surface area contributed by atoms with Gasteiger partial charge in [0.2, 0.25) is 10.0 Å². The van der Waals surface area contributed by atoms with Crippen LogP contribution in [0.25, 0.3) is 0 Å². The molecule has 0 bridgehead atoms. The van der Waals surface area contributed by atoms with Gasteiger partial charge in [0, 0.05) is 13.1 Å². The first kappa shape index (κ1) is 18.6. The summed E-state index contributed by atoms with van der Waals surface area (Å²) < 4.78 is 36.2. The molecule has 0 aliphatic carbocycles. The van der Waals surface area contributed by atoms with Crippen molar-refractivity contribution in [1.29, 1.82) is 0 Å². The molecule has 7 heteroatoms. The molecule has 0 spiro atoms. The molecular weight excluding hydrogens is 350 g/mol. The van der Waals surface area contributed by atoms with E-state index in [1.807, 2.05) is 24.3 Å². The second kappa shape index (κ2) is 8.37. The van der Waals surface area contributed by atoms with E-state index in [0.717, 1.165) is 22.6 Å². The fraction of sp³-hybridized carbons (Fsp3) is 0.294. The van der Waals surface area contributed by atoms with Gasteiger partial charge in [-0.2, -0.15) is 4.31 Å². The number of nitrogens with zero attached hydrogens (tertiary/aromatic N) is 1. The second-order valence-electron chi connectivity index (χ2n) is 5.19. The van der Waals surface area contributed by atoms with E-state index in [4.69, 9.17) is 21.1 Å². The summed E-state index contributed by atoms with van der Waals surface area (Å²) in [6.07, 6.45) is 0. The van der Waals surface area contributed by atoms with Crippen molar-refractivity contribution >= 4 is 21.6 Å². The van der Waals surface area contributed by atoms with Crippen LogP contribution in [0.1, 0.15) is 11.1 Å². The zero-order chi connectivity index (χ0) is 17.6. The van der Waals surface area contributed by atoms with Gasteiger partial charge in [-0.1, -0.05) is 24.3 Å². The average molecular weight is 370 g/mol. The van der Waals surface area contributed by atoms with Crippen molar-refractivity contribution in [2.75, 3.05) is 19.4 Å². The number of methoxy groups -OCH3 is 2. The summed E-state index contributed by atoms with van der Waals surface area (Å²) in [5, 5.41) is -0.459. The minimum Gasteiger partial charge on any atom is -0.497 e. The summed E-state index contributed by atoms with van der Waals surface area (Å²) in [5.41, 5.74) is 1.72. The van der Waals surface area contributed by atoms with Crippen LogP contribution >= 0.6 is 11.6 Å². The van der Waals surface area contributed by atoms with Gasteiger partial charge in [0.1, 0.15) is 16.7 Å². The predicted molar refractivity (Wildman–Crippen MR) is 94.9 cm³/mol. The molecular formula is C17H20ClNO4S. The molecule has 0 heterocycles. The molecule has 24 heavy (non-hydrogen) atoms. The van der Waals surface area contributed by atoms with Gasteiger partial charge in [-0.3, -0.25) is 0 Å². The van der Waals surface area contributed by atoms with E-state index in [0.29, 0.717) is 0 Å². The van der Waals surface area contributed by atoms with Gasteiger partial charge in [-0.05, 0) is 35.4 Å². The van der Waals surface area contributed by atoms with E-state index in [1.165, 1.54) is 4.31 Å². The van der Waals surface area contributed by atoms with Crippen molar-refractivity contribution in [1.82, 2.24) is 4.31 Å². The van der Waals surface area contributed by atoms with Crippen molar-refractivity contribution in [3.8, 4) is 11.5 Å². The van der Waals surface area contributed by atoms with Gasteiger partial charge < -0.3 is 9.47 Å². The standard InChI is InChI=1S/C17H20ClNO4S/c1-22-16-7-3-14(4-8-16)11-19(24(20,21)13-18)12-15-5-9-17(23-2)10-6-15/h3-10H,11-13H2,1-2H3. The van der Waals surface area contributed by atoms with Crippen LogP contribution in [0.15, 0.2) is 48.5 Å².